The maximum absolute atomic E-state index is 13.9. The van der Waals surface area contributed by atoms with Gasteiger partial charge < -0.3 is 25.8 Å². The number of carbonyl (C=O) groups is 2. The van der Waals surface area contributed by atoms with Crippen molar-refractivity contribution in [3.8, 4) is 17.1 Å². The Morgan fingerprint density at radius 3 is 2.50 bits per heavy atom. The van der Waals surface area contributed by atoms with Crippen LogP contribution < -0.4 is 16.4 Å². The molecule has 15 heteroatoms. The molecule has 4 heterocycles. The first-order valence-corrected chi connectivity index (χ1v) is 12.4. The number of nitrogens with zero attached hydrogens (tertiary/aromatic N) is 6. The predicted molar refractivity (Wildman–Crippen MR) is 141 cm³/mol. The molecule has 0 radical (unpaired) electrons. The van der Waals surface area contributed by atoms with Gasteiger partial charge in [0.1, 0.15) is 0 Å². The zero-order valence-electron chi connectivity index (χ0n) is 21.0. The minimum atomic E-state index is -4.79. The maximum Gasteiger partial charge on any atom is 0.435 e. The largest absolute Gasteiger partial charge is 0.435 e. The number of benzene rings is 1. The predicted octanol–water partition coefficient (Wildman–Crippen LogP) is 3.22. The SMILES string of the molecule is Cn1c(-c2cn(-c3ccc(N)cn3)nc2C(F)(F)F)cnc1C(=O)Nc1ccc(C(=O)N2CCNCC2)c(Cl)c1. The van der Waals surface area contributed by atoms with Crippen LogP contribution in [-0.4, -0.2) is 67.2 Å². The number of pyridine rings is 1. The zero-order chi connectivity index (χ0) is 28.6. The van der Waals surface area contributed by atoms with Crippen LogP contribution in [0.1, 0.15) is 26.7 Å². The van der Waals surface area contributed by atoms with Crippen LogP contribution in [0.15, 0.2) is 48.9 Å². The molecule has 0 atom stereocenters. The molecular weight excluding hydrogens is 551 g/mol. The summed E-state index contributed by atoms with van der Waals surface area (Å²) in [6, 6.07) is 7.39. The van der Waals surface area contributed by atoms with E-state index in [-0.39, 0.29) is 39.5 Å². The number of alkyl halides is 3. The van der Waals surface area contributed by atoms with Gasteiger partial charge in [-0.1, -0.05) is 11.6 Å². The van der Waals surface area contributed by atoms with Gasteiger partial charge in [0, 0.05) is 45.1 Å². The van der Waals surface area contributed by atoms with Crippen molar-refractivity contribution < 1.29 is 22.8 Å². The van der Waals surface area contributed by atoms with E-state index in [0.717, 1.165) is 17.1 Å². The first-order chi connectivity index (χ1) is 19.0. The number of anilines is 2. The van der Waals surface area contributed by atoms with Crippen LogP contribution in [0.5, 0.6) is 0 Å². The highest BCUT2D eigenvalue weighted by Gasteiger charge is 2.39. The molecule has 4 N–H and O–H groups in total. The zero-order valence-corrected chi connectivity index (χ0v) is 21.8. The number of nitrogen functional groups attached to an aromatic ring is 1. The molecule has 0 unspecified atom stereocenters. The molecule has 4 aromatic rings. The van der Waals surface area contributed by atoms with Gasteiger partial charge in [0.25, 0.3) is 11.8 Å². The summed E-state index contributed by atoms with van der Waals surface area (Å²) in [5.41, 5.74) is 5.10. The highest BCUT2D eigenvalue weighted by Crippen LogP contribution is 2.37. The van der Waals surface area contributed by atoms with Crippen molar-refractivity contribution in [1.82, 2.24) is 34.5 Å². The van der Waals surface area contributed by atoms with Gasteiger partial charge in [-0.2, -0.15) is 18.3 Å². The molecular formula is C25H23ClF3N9O2. The molecule has 0 spiro atoms. The lowest BCUT2D eigenvalue weighted by Gasteiger charge is -2.27. The molecule has 1 aliphatic heterocycles. The molecule has 1 aliphatic rings. The second-order valence-corrected chi connectivity index (χ2v) is 9.41. The molecule has 3 aromatic heterocycles. The fourth-order valence-corrected chi connectivity index (χ4v) is 4.54. The molecule has 5 rings (SSSR count). The summed E-state index contributed by atoms with van der Waals surface area (Å²) in [6.45, 7) is 2.49. The fourth-order valence-electron chi connectivity index (χ4n) is 4.28. The summed E-state index contributed by atoms with van der Waals surface area (Å²) >= 11 is 6.35. The molecule has 208 valence electrons. The van der Waals surface area contributed by atoms with Crippen molar-refractivity contribution in [2.75, 3.05) is 37.2 Å². The smallest absolute Gasteiger partial charge is 0.397 e. The minimum absolute atomic E-state index is 0.00849. The second kappa shape index (κ2) is 10.6. The Hall–Kier alpha value is -4.43. The third kappa shape index (κ3) is 5.35. The summed E-state index contributed by atoms with van der Waals surface area (Å²) in [7, 11) is 1.42. The molecule has 40 heavy (non-hydrogen) atoms. The van der Waals surface area contributed by atoms with Crippen LogP contribution in [-0.2, 0) is 13.2 Å². The topological polar surface area (TPSA) is 136 Å². The molecule has 2 amide bonds. The Kier molecular flexibility index (Phi) is 7.21. The number of aromatic nitrogens is 5. The number of nitrogens with one attached hydrogen (secondary N) is 2. The van der Waals surface area contributed by atoms with Gasteiger partial charge >= 0.3 is 6.18 Å². The van der Waals surface area contributed by atoms with E-state index in [1.165, 1.54) is 48.1 Å². The fraction of sp³-hybridized carbons (Fsp3) is 0.240. The van der Waals surface area contributed by atoms with Crippen molar-refractivity contribution >= 4 is 34.8 Å². The number of amides is 2. The van der Waals surface area contributed by atoms with Crippen molar-refractivity contribution in [3.05, 3.63) is 71.0 Å². The van der Waals surface area contributed by atoms with Crippen LogP contribution >= 0.6 is 11.6 Å². The number of nitrogens with two attached hydrogens (primary N) is 1. The maximum atomic E-state index is 13.9. The van der Waals surface area contributed by atoms with Gasteiger partial charge in [0.2, 0.25) is 0 Å². The summed E-state index contributed by atoms with van der Waals surface area (Å²) in [5, 5.41) is 9.63. The van der Waals surface area contributed by atoms with E-state index in [1.54, 1.807) is 4.90 Å². The molecule has 1 aromatic carbocycles. The van der Waals surface area contributed by atoms with Gasteiger partial charge in [-0.05, 0) is 30.3 Å². The Balaban J connectivity index is 1.39. The van der Waals surface area contributed by atoms with Crippen molar-refractivity contribution in [3.63, 3.8) is 0 Å². The lowest BCUT2D eigenvalue weighted by atomic mass is 10.1. The van der Waals surface area contributed by atoms with Crippen molar-refractivity contribution in [2.45, 2.75) is 6.18 Å². The van der Waals surface area contributed by atoms with E-state index < -0.39 is 17.8 Å². The van der Waals surface area contributed by atoms with Gasteiger partial charge in [0.05, 0.1) is 39.9 Å². The van der Waals surface area contributed by atoms with Crippen molar-refractivity contribution in [2.24, 2.45) is 7.05 Å². The van der Waals surface area contributed by atoms with Gasteiger partial charge in [-0.3, -0.25) is 9.59 Å². The molecule has 1 saturated heterocycles. The Labute approximate surface area is 230 Å². The molecule has 11 nitrogen and oxygen atoms in total. The highest BCUT2D eigenvalue weighted by molar-refractivity contribution is 6.34. The van der Waals surface area contributed by atoms with E-state index in [1.807, 2.05) is 0 Å². The van der Waals surface area contributed by atoms with E-state index in [2.05, 4.69) is 25.7 Å². The summed E-state index contributed by atoms with van der Waals surface area (Å²) in [6.07, 6.45) is -1.17. The first kappa shape index (κ1) is 27.1. The lowest BCUT2D eigenvalue weighted by molar-refractivity contribution is -0.140. The van der Waals surface area contributed by atoms with Gasteiger partial charge in [-0.15, -0.1) is 0 Å². The van der Waals surface area contributed by atoms with E-state index in [4.69, 9.17) is 17.3 Å². The Morgan fingerprint density at radius 1 is 1.10 bits per heavy atom. The highest BCUT2D eigenvalue weighted by atomic mass is 35.5. The van der Waals surface area contributed by atoms with E-state index >= 15 is 0 Å². The number of rotatable bonds is 5. The number of halogens is 4. The van der Waals surface area contributed by atoms with E-state index in [9.17, 15) is 22.8 Å². The summed E-state index contributed by atoms with van der Waals surface area (Å²) in [5.74, 6) is -0.930. The normalized spacial score (nSPS) is 13.9. The molecule has 0 bridgehead atoms. The molecule has 1 fully saturated rings. The molecule has 0 aliphatic carbocycles. The average Bonchev–Trinajstić information content (AvgIpc) is 3.53. The monoisotopic (exact) mass is 573 g/mol. The Morgan fingerprint density at radius 2 is 1.85 bits per heavy atom. The number of carbonyl (C=O) groups excluding carboxylic acids is 2. The summed E-state index contributed by atoms with van der Waals surface area (Å²) in [4.78, 5) is 35.5. The van der Waals surface area contributed by atoms with Crippen LogP contribution in [0.3, 0.4) is 0 Å². The quantitative estimate of drug-likeness (QED) is 0.333. The van der Waals surface area contributed by atoms with Crippen LogP contribution in [0.25, 0.3) is 17.1 Å². The van der Waals surface area contributed by atoms with Crippen LogP contribution in [0, 0.1) is 0 Å². The van der Waals surface area contributed by atoms with Gasteiger partial charge in [-0.25, -0.2) is 14.6 Å². The number of hydrogen-bond donors (Lipinski definition) is 3. The Bertz CT molecular complexity index is 1580. The number of hydrogen-bond acceptors (Lipinski definition) is 7. The number of imidazole rings is 1. The van der Waals surface area contributed by atoms with E-state index in [0.29, 0.717) is 37.4 Å². The third-order valence-corrected chi connectivity index (χ3v) is 6.63. The molecule has 0 saturated carbocycles. The van der Waals surface area contributed by atoms with Crippen LogP contribution in [0.2, 0.25) is 5.02 Å². The lowest BCUT2D eigenvalue weighted by Crippen LogP contribution is -2.46. The first-order valence-electron chi connectivity index (χ1n) is 12.0. The third-order valence-electron chi connectivity index (χ3n) is 6.32. The van der Waals surface area contributed by atoms with Crippen molar-refractivity contribution in [1.29, 1.82) is 0 Å². The summed E-state index contributed by atoms with van der Waals surface area (Å²) < 4.78 is 43.9. The minimum Gasteiger partial charge on any atom is -0.397 e. The number of piperazine rings is 1. The van der Waals surface area contributed by atoms with Gasteiger partial charge in [0.15, 0.2) is 17.3 Å². The second-order valence-electron chi connectivity index (χ2n) is 9.00. The standard InChI is InChI=1S/C25H23ClF3N9O2/c1-36-19(17-13-38(35-21(17)25(27,28)29)20-5-2-14(30)11-32-20)12-33-22(36)23(39)34-15-3-4-16(18(26)10-15)24(40)37-8-6-31-7-9-37/h2-5,10-13,31H,6-9,30H2,1H3,(H,34,39). The van der Waals surface area contributed by atoms with Crippen LogP contribution in [0.4, 0.5) is 24.5 Å². The average molecular weight is 574 g/mol.